The van der Waals surface area contributed by atoms with Gasteiger partial charge < -0.3 is 0 Å². The van der Waals surface area contributed by atoms with Crippen molar-refractivity contribution in [2.45, 2.75) is 52.4 Å². The molecule has 0 amide bonds. The van der Waals surface area contributed by atoms with E-state index in [1.165, 1.54) is 32.1 Å². The molecule has 0 N–H and O–H groups in total. The molecule has 0 atom stereocenters. The van der Waals surface area contributed by atoms with Gasteiger partial charge in [-0.15, -0.1) is 0 Å². The average Bonchev–Trinajstić information content (AvgIpc) is 2.02. The number of unbranched alkanes of at least 4 members (excludes halogenated alkanes) is 3. The van der Waals surface area contributed by atoms with Crippen LogP contribution in [0.3, 0.4) is 0 Å². The van der Waals surface area contributed by atoms with Crippen LogP contribution in [0.2, 0.25) is 0 Å². The lowest BCUT2D eigenvalue weighted by atomic mass is 10.1. The van der Waals surface area contributed by atoms with E-state index in [4.69, 9.17) is 0 Å². The summed E-state index contributed by atoms with van der Waals surface area (Å²) in [5.74, 6) is 1.54. The fourth-order valence-electron chi connectivity index (χ4n) is 1.07. The molecule has 70 valence electrons. The summed E-state index contributed by atoms with van der Waals surface area (Å²) in [6, 6.07) is 0. The number of allylic oxidation sites excluding steroid dienone is 2. The van der Waals surface area contributed by atoms with E-state index in [2.05, 4.69) is 32.9 Å². The predicted octanol–water partition coefficient (Wildman–Crippen LogP) is 4.33. The third kappa shape index (κ3) is 9.74. The molecule has 12 heavy (non-hydrogen) atoms. The first-order chi connectivity index (χ1) is 5.77. The lowest BCUT2D eigenvalue weighted by Gasteiger charge is -1.99. The first-order valence-electron chi connectivity index (χ1n) is 5.00. The van der Waals surface area contributed by atoms with E-state index in [0.29, 0.717) is 0 Å². The zero-order valence-electron chi connectivity index (χ0n) is 8.60. The Morgan fingerprint density at radius 2 is 1.67 bits per heavy atom. The molecule has 0 heteroatoms. The second kappa shape index (κ2) is 8.83. The maximum atomic E-state index is 3.81. The minimum Gasteiger partial charge on any atom is -0.0885 e. The first kappa shape index (κ1) is 11.7. The quantitative estimate of drug-likeness (QED) is 0.390. The van der Waals surface area contributed by atoms with Crippen molar-refractivity contribution in [3.63, 3.8) is 0 Å². The molecule has 0 heterocycles. The van der Waals surface area contributed by atoms with Crippen LogP contribution in [0.4, 0.5) is 0 Å². The summed E-state index contributed by atoms with van der Waals surface area (Å²) in [6.07, 6.45) is 11.9. The molecule has 0 saturated carbocycles. The van der Waals surface area contributed by atoms with Gasteiger partial charge in [0, 0.05) is 0 Å². The standard InChI is InChI=1S/C12H22/c1-4-5-6-7-8-9-10-11-12(2)3/h7-8H,1,4-6,9-11H2,2-3H3. The molecule has 0 aliphatic rings. The summed E-state index contributed by atoms with van der Waals surface area (Å²) < 4.78 is 0. The van der Waals surface area contributed by atoms with Gasteiger partial charge >= 0.3 is 0 Å². The van der Waals surface area contributed by atoms with Crippen molar-refractivity contribution in [1.29, 1.82) is 0 Å². The van der Waals surface area contributed by atoms with Crippen molar-refractivity contribution in [1.82, 2.24) is 0 Å². The molecular formula is C12H22. The average molecular weight is 166 g/mol. The highest BCUT2D eigenvalue weighted by molar-refractivity contribution is 4.84. The third-order valence-corrected chi connectivity index (χ3v) is 1.84. The molecule has 0 aromatic heterocycles. The van der Waals surface area contributed by atoms with E-state index >= 15 is 0 Å². The van der Waals surface area contributed by atoms with Crippen LogP contribution < -0.4 is 0 Å². The summed E-state index contributed by atoms with van der Waals surface area (Å²) >= 11 is 0. The predicted molar refractivity (Wildman–Crippen MR) is 56.8 cm³/mol. The molecule has 0 spiro atoms. The third-order valence-electron chi connectivity index (χ3n) is 1.84. The van der Waals surface area contributed by atoms with Crippen LogP contribution in [-0.4, -0.2) is 0 Å². The molecule has 0 aliphatic carbocycles. The van der Waals surface area contributed by atoms with Crippen LogP contribution in [0.1, 0.15) is 52.4 Å². The zero-order chi connectivity index (χ0) is 9.23. The Morgan fingerprint density at radius 1 is 1.08 bits per heavy atom. The number of hydrogen-bond donors (Lipinski definition) is 0. The summed E-state index contributed by atoms with van der Waals surface area (Å²) in [7, 11) is 0. The van der Waals surface area contributed by atoms with Gasteiger partial charge in [0.15, 0.2) is 0 Å². The molecule has 0 bridgehead atoms. The van der Waals surface area contributed by atoms with Crippen molar-refractivity contribution in [2.24, 2.45) is 0 Å². The van der Waals surface area contributed by atoms with Crippen molar-refractivity contribution >= 4 is 0 Å². The highest BCUT2D eigenvalue weighted by Gasteiger charge is 1.91. The maximum absolute atomic E-state index is 3.81. The number of rotatable bonds is 7. The molecular weight excluding hydrogens is 144 g/mol. The van der Waals surface area contributed by atoms with Crippen LogP contribution in [0.15, 0.2) is 12.2 Å². The summed E-state index contributed by atoms with van der Waals surface area (Å²) in [5.41, 5.74) is 0. The van der Waals surface area contributed by atoms with Gasteiger partial charge in [-0.25, -0.2) is 0 Å². The van der Waals surface area contributed by atoms with Gasteiger partial charge in [-0.1, -0.05) is 39.3 Å². The van der Waals surface area contributed by atoms with E-state index in [9.17, 15) is 0 Å². The first-order valence-corrected chi connectivity index (χ1v) is 5.00. The van der Waals surface area contributed by atoms with E-state index in [-0.39, 0.29) is 0 Å². The van der Waals surface area contributed by atoms with E-state index in [1.807, 2.05) is 0 Å². The van der Waals surface area contributed by atoms with Crippen LogP contribution in [-0.2, 0) is 0 Å². The van der Waals surface area contributed by atoms with Gasteiger partial charge in [-0.2, -0.15) is 0 Å². The Bertz CT molecular complexity index is 101. The van der Waals surface area contributed by atoms with Crippen LogP contribution in [0.25, 0.3) is 0 Å². The second-order valence-electron chi connectivity index (χ2n) is 3.57. The second-order valence-corrected chi connectivity index (χ2v) is 3.57. The maximum Gasteiger partial charge on any atom is -0.0303 e. The largest absolute Gasteiger partial charge is 0.0885 e. The van der Waals surface area contributed by atoms with E-state index < -0.39 is 0 Å². The summed E-state index contributed by atoms with van der Waals surface area (Å²) in [4.78, 5) is 0. The molecule has 0 fully saturated rings. The molecule has 0 unspecified atom stereocenters. The topological polar surface area (TPSA) is 0 Å². The van der Waals surface area contributed by atoms with Crippen LogP contribution in [0, 0.1) is 12.8 Å². The Kier molecular flexibility index (Phi) is 8.64. The molecule has 0 saturated heterocycles. The van der Waals surface area contributed by atoms with E-state index in [1.54, 1.807) is 5.92 Å². The van der Waals surface area contributed by atoms with Crippen LogP contribution >= 0.6 is 0 Å². The van der Waals surface area contributed by atoms with Gasteiger partial charge in [0.25, 0.3) is 0 Å². The Labute approximate surface area is 78.1 Å². The Hall–Kier alpha value is -0.260. The zero-order valence-corrected chi connectivity index (χ0v) is 8.60. The van der Waals surface area contributed by atoms with Crippen molar-refractivity contribution < 1.29 is 0 Å². The van der Waals surface area contributed by atoms with E-state index in [0.717, 1.165) is 6.42 Å². The highest BCUT2D eigenvalue weighted by atomic mass is 14.0. The Morgan fingerprint density at radius 3 is 2.17 bits per heavy atom. The molecule has 0 aromatic carbocycles. The lowest BCUT2D eigenvalue weighted by molar-refractivity contribution is 0.756. The fraction of sp³-hybridized carbons (Fsp3) is 0.667. The summed E-state index contributed by atoms with van der Waals surface area (Å²) in [5, 5.41) is 0. The van der Waals surface area contributed by atoms with Gasteiger partial charge in [0.2, 0.25) is 0 Å². The monoisotopic (exact) mass is 166 g/mol. The highest BCUT2D eigenvalue weighted by Crippen LogP contribution is 2.08. The van der Waals surface area contributed by atoms with Gasteiger partial charge in [0.05, 0.1) is 0 Å². The minimum absolute atomic E-state index is 1.06. The fourth-order valence-corrected chi connectivity index (χ4v) is 1.07. The SMILES string of the molecule is [CH2]CCCC=CCCC[C](C)C. The Balaban J connectivity index is 3.03. The minimum atomic E-state index is 1.06. The molecule has 2 radical (unpaired) electrons. The smallest absolute Gasteiger partial charge is 0.0303 e. The van der Waals surface area contributed by atoms with Crippen molar-refractivity contribution in [2.75, 3.05) is 0 Å². The van der Waals surface area contributed by atoms with Crippen molar-refractivity contribution in [3.8, 4) is 0 Å². The number of hydrogen-bond acceptors (Lipinski definition) is 0. The van der Waals surface area contributed by atoms with Crippen molar-refractivity contribution in [3.05, 3.63) is 25.0 Å². The molecule has 0 aliphatic heterocycles. The molecule has 0 rings (SSSR count). The summed E-state index contributed by atoms with van der Waals surface area (Å²) in [6.45, 7) is 8.21. The lowest BCUT2D eigenvalue weighted by Crippen LogP contribution is -1.82. The molecule has 0 aromatic rings. The van der Waals surface area contributed by atoms with Gasteiger partial charge in [-0.3, -0.25) is 0 Å². The van der Waals surface area contributed by atoms with Gasteiger partial charge in [0.1, 0.15) is 0 Å². The van der Waals surface area contributed by atoms with Gasteiger partial charge in [-0.05, 0) is 38.0 Å². The normalized spacial score (nSPS) is 11.7. The van der Waals surface area contributed by atoms with Crippen LogP contribution in [0.5, 0.6) is 0 Å². The molecule has 0 nitrogen and oxygen atoms in total.